The van der Waals surface area contributed by atoms with Gasteiger partial charge in [0.25, 0.3) is 6.47 Å². The fourth-order valence-corrected chi connectivity index (χ4v) is 2.58. The molecule has 1 unspecified atom stereocenters. The molecular weight excluding hydrogens is 364 g/mol. The van der Waals surface area contributed by atoms with Crippen LogP contribution in [0.4, 0.5) is 0 Å². The molecule has 0 aromatic carbocycles. The Kier molecular flexibility index (Phi) is 15.7. The lowest BCUT2D eigenvalue weighted by atomic mass is 10.2. The molecule has 2 heterocycles. The molecule has 0 bridgehead atoms. The summed E-state index contributed by atoms with van der Waals surface area (Å²) in [5.41, 5.74) is 1.10. The molecule has 0 spiro atoms. The number of ether oxygens (including phenoxy) is 2. The van der Waals surface area contributed by atoms with Gasteiger partial charge < -0.3 is 20.2 Å². The van der Waals surface area contributed by atoms with E-state index < -0.39 is 0 Å². The molecule has 1 fully saturated rings. The van der Waals surface area contributed by atoms with E-state index in [2.05, 4.69) is 27.6 Å². The van der Waals surface area contributed by atoms with Crippen molar-refractivity contribution in [3.8, 4) is 0 Å². The Morgan fingerprint density at radius 3 is 2.70 bits per heavy atom. The van der Waals surface area contributed by atoms with E-state index in [1.807, 2.05) is 26.0 Å². The summed E-state index contributed by atoms with van der Waals surface area (Å²) in [6, 6.07) is 4.10. The molecule has 0 radical (unpaired) electrons. The lowest BCUT2D eigenvalue weighted by molar-refractivity contribution is -0.148. The number of carbonyl (C=O) groups excluding carboxylic acids is 2. The van der Waals surface area contributed by atoms with Gasteiger partial charge in [-0.1, -0.05) is 19.1 Å². The maximum atomic E-state index is 10.9. The minimum atomic E-state index is -0.0544. The van der Waals surface area contributed by atoms with Crippen LogP contribution in [-0.4, -0.2) is 45.0 Å². The van der Waals surface area contributed by atoms with E-state index in [-0.39, 0.29) is 12.1 Å². The van der Waals surface area contributed by atoms with Gasteiger partial charge in [0.15, 0.2) is 0 Å². The summed E-state index contributed by atoms with van der Waals surface area (Å²) in [6.45, 7) is 6.14. The number of thiophene rings is 1. The predicted molar refractivity (Wildman–Crippen MR) is 111 cm³/mol. The van der Waals surface area contributed by atoms with Crippen molar-refractivity contribution in [3.05, 3.63) is 40.1 Å². The van der Waals surface area contributed by atoms with Crippen molar-refractivity contribution in [2.45, 2.75) is 39.2 Å². The van der Waals surface area contributed by atoms with Gasteiger partial charge >= 0.3 is 5.97 Å². The summed E-state index contributed by atoms with van der Waals surface area (Å²) >= 11 is 1.71. The molecule has 1 aromatic rings. The van der Waals surface area contributed by atoms with Crippen molar-refractivity contribution in [1.82, 2.24) is 5.32 Å². The lowest BCUT2D eigenvalue weighted by Gasteiger charge is -2.09. The van der Waals surface area contributed by atoms with Gasteiger partial charge in [-0.15, -0.1) is 11.3 Å². The SMILES string of the molecule is CC(/C=C/c1cccs1)=C\C=N.CCCC(=O)OC1CCNC1.COC=O. The molecule has 6 nitrogen and oxygen atoms in total. The Morgan fingerprint density at radius 1 is 1.48 bits per heavy atom. The van der Waals surface area contributed by atoms with Gasteiger partial charge in [-0.05, 0) is 55.5 Å². The quantitative estimate of drug-likeness (QED) is 0.317. The fourth-order valence-electron chi connectivity index (χ4n) is 1.96. The Hall–Kier alpha value is -2.25. The van der Waals surface area contributed by atoms with Crippen LogP contribution in [0.15, 0.2) is 35.2 Å². The number of rotatable bonds is 7. The van der Waals surface area contributed by atoms with E-state index >= 15 is 0 Å². The second-order valence-corrected chi connectivity index (χ2v) is 6.59. The third-order valence-corrected chi connectivity index (χ3v) is 4.10. The summed E-state index contributed by atoms with van der Waals surface area (Å²) in [7, 11) is 1.31. The first-order chi connectivity index (χ1) is 13.1. The molecule has 1 aromatic heterocycles. The number of methoxy groups -OCH3 is 1. The number of hydrogen-bond acceptors (Lipinski definition) is 7. The lowest BCUT2D eigenvalue weighted by Crippen LogP contribution is -2.20. The highest BCUT2D eigenvalue weighted by Gasteiger charge is 2.17. The van der Waals surface area contributed by atoms with E-state index in [4.69, 9.17) is 14.9 Å². The van der Waals surface area contributed by atoms with Crippen molar-refractivity contribution in [1.29, 1.82) is 5.41 Å². The standard InChI is InChI=1S/C10H11NS.C8H15NO2.C2H4O2/c1-9(6-7-11)4-5-10-3-2-8-12-10;1-2-3-8(10)11-7-4-5-9-6-7;1-4-2-3/h2-8,11H,1H3;7,9H,2-6H2,1H3;2H,1H3/b5-4+,9-6+,11-7?;;. The van der Waals surface area contributed by atoms with Crippen LogP contribution in [0.25, 0.3) is 6.08 Å². The third-order valence-electron chi connectivity index (χ3n) is 3.26. The average Bonchev–Trinajstić information content (AvgIpc) is 3.35. The molecular formula is C20H30N2O4S. The van der Waals surface area contributed by atoms with E-state index in [0.717, 1.165) is 31.5 Å². The van der Waals surface area contributed by atoms with Crippen LogP contribution in [0.1, 0.15) is 38.0 Å². The van der Waals surface area contributed by atoms with Crippen LogP contribution in [0.2, 0.25) is 0 Å². The monoisotopic (exact) mass is 394 g/mol. The number of nitrogens with one attached hydrogen (secondary N) is 2. The number of carbonyl (C=O) groups is 2. The highest BCUT2D eigenvalue weighted by molar-refractivity contribution is 7.10. The first kappa shape index (κ1) is 24.8. The highest BCUT2D eigenvalue weighted by atomic mass is 32.1. The van der Waals surface area contributed by atoms with E-state index in [1.54, 1.807) is 17.4 Å². The molecule has 27 heavy (non-hydrogen) atoms. The van der Waals surface area contributed by atoms with Crippen LogP contribution < -0.4 is 5.32 Å². The number of esters is 1. The number of hydrogen-bond donors (Lipinski definition) is 2. The van der Waals surface area contributed by atoms with Gasteiger partial charge in [-0.25, -0.2) is 0 Å². The second kappa shape index (κ2) is 17.2. The van der Waals surface area contributed by atoms with Crippen LogP contribution in [0, 0.1) is 5.41 Å². The molecule has 1 atom stereocenters. The Morgan fingerprint density at radius 2 is 2.22 bits per heavy atom. The van der Waals surface area contributed by atoms with Crippen LogP contribution >= 0.6 is 11.3 Å². The summed E-state index contributed by atoms with van der Waals surface area (Å²) in [5.74, 6) is -0.0544. The number of allylic oxidation sites excluding steroid dienone is 3. The predicted octanol–water partition coefficient (Wildman–Crippen LogP) is 3.84. The van der Waals surface area contributed by atoms with Gasteiger partial charge in [0.05, 0.1) is 7.11 Å². The van der Waals surface area contributed by atoms with Crippen molar-refractivity contribution in [2.75, 3.05) is 20.2 Å². The molecule has 0 amide bonds. The van der Waals surface area contributed by atoms with Gasteiger partial charge in [0, 0.05) is 24.1 Å². The molecule has 1 aliphatic rings. The molecule has 2 rings (SSSR count). The first-order valence-corrected chi connectivity index (χ1v) is 9.70. The summed E-state index contributed by atoms with van der Waals surface area (Å²) in [4.78, 5) is 21.1. The van der Waals surface area contributed by atoms with Crippen LogP contribution in [-0.2, 0) is 19.1 Å². The molecule has 7 heteroatoms. The normalized spacial score (nSPS) is 15.8. The second-order valence-electron chi connectivity index (χ2n) is 5.61. The van der Waals surface area contributed by atoms with Crippen molar-refractivity contribution < 1.29 is 19.1 Å². The minimum Gasteiger partial charge on any atom is -0.471 e. The van der Waals surface area contributed by atoms with E-state index in [9.17, 15) is 4.79 Å². The maximum Gasteiger partial charge on any atom is 0.306 e. The van der Waals surface area contributed by atoms with Crippen LogP contribution in [0.5, 0.6) is 0 Å². The molecule has 0 aliphatic carbocycles. The zero-order chi connectivity index (χ0) is 20.3. The third kappa shape index (κ3) is 14.6. The smallest absolute Gasteiger partial charge is 0.306 e. The van der Waals surface area contributed by atoms with Crippen molar-refractivity contribution in [3.63, 3.8) is 0 Å². The maximum absolute atomic E-state index is 10.9. The first-order valence-electron chi connectivity index (χ1n) is 8.82. The zero-order valence-corrected chi connectivity index (χ0v) is 17.1. The highest BCUT2D eigenvalue weighted by Crippen LogP contribution is 2.11. The Labute approximate surface area is 165 Å². The molecule has 1 aliphatic heterocycles. The largest absolute Gasteiger partial charge is 0.471 e. The van der Waals surface area contributed by atoms with Gasteiger partial charge in [-0.3, -0.25) is 9.59 Å². The van der Waals surface area contributed by atoms with E-state index in [0.29, 0.717) is 12.9 Å². The Balaban J connectivity index is 0.000000421. The van der Waals surface area contributed by atoms with E-state index in [1.165, 1.54) is 18.2 Å². The average molecular weight is 395 g/mol. The van der Waals surface area contributed by atoms with Gasteiger partial charge in [-0.2, -0.15) is 0 Å². The summed E-state index contributed by atoms with van der Waals surface area (Å²) in [5, 5.41) is 12.0. The topological polar surface area (TPSA) is 88.5 Å². The zero-order valence-electron chi connectivity index (χ0n) is 16.3. The summed E-state index contributed by atoms with van der Waals surface area (Å²) < 4.78 is 9.01. The fraction of sp³-hybridized carbons (Fsp3) is 0.450. The van der Waals surface area contributed by atoms with Gasteiger partial charge in [0.2, 0.25) is 0 Å². The molecule has 1 saturated heterocycles. The van der Waals surface area contributed by atoms with Crippen molar-refractivity contribution in [2.24, 2.45) is 0 Å². The molecule has 2 N–H and O–H groups in total. The summed E-state index contributed by atoms with van der Waals surface area (Å²) in [6.07, 6.45) is 9.66. The molecule has 150 valence electrons. The Bertz CT molecular complexity index is 577. The van der Waals surface area contributed by atoms with Crippen molar-refractivity contribution >= 4 is 36.1 Å². The molecule has 0 saturated carbocycles. The van der Waals surface area contributed by atoms with Gasteiger partial charge in [0.1, 0.15) is 6.10 Å². The minimum absolute atomic E-state index is 0.0544. The van der Waals surface area contributed by atoms with Crippen LogP contribution in [0.3, 0.4) is 0 Å².